The second-order valence-corrected chi connectivity index (χ2v) is 11.5. The van der Waals surface area contributed by atoms with E-state index in [2.05, 4.69) is 15.6 Å². The van der Waals surface area contributed by atoms with Gasteiger partial charge < -0.3 is 15.4 Å². The van der Waals surface area contributed by atoms with Gasteiger partial charge in [0.15, 0.2) is 11.6 Å². The average Bonchev–Trinajstić information content (AvgIpc) is 3.75. The quantitative estimate of drug-likeness (QED) is 0.134. The summed E-state index contributed by atoms with van der Waals surface area (Å²) >= 11 is 1.41. The predicted molar refractivity (Wildman–Crippen MR) is 166 cm³/mol. The lowest BCUT2D eigenvalue weighted by atomic mass is 10.0. The molecule has 1 aliphatic rings. The molecule has 0 saturated heterocycles. The van der Waals surface area contributed by atoms with Gasteiger partial charge in [-0.05, 0) is 73.0 Å². The van der Waals surface area contributed by atoms with Gasteiger partial charge >= 0.3 is 0 Å². The molecule has 3 aromatic carbocycles. The van der Waals surface area contributed by atoms with E-state index in [9.17, 15) is 18.8 Å². The molecule has 0 bridgehead atoms. The molecule has 6 rings (SSSR count). The number of nitrogens with zero attached hydrogens (tertiary/aromatic N) is 2. The van der Waals surface area contributed by atoms with Crippen LogP contribution < -0.4 is 15.4 Å². The maximum atomic E-state index is 15.2. The number of hydrogen-bond acceptors (Lipinski definition) is 7. The van der Waals surface area contributed by atoms with Crippen molar-refractivity contribution in [2.24, 2.45) is 5.41 Å². The van der Waals surface area contributed by atoms with E-state index < -0.39 is 28.9 Å². The van der Waals surface area contributed by atoms with Crippen molar-refractivity contribution in [3.05, 3.63) is 102 Å². The fraction of sp³-hybridized carbons (Fsp3) is 0.152. The van der Waals surface area contributed by atoms with E-state index in [0.717, 1.165) is 21.6 Å². The van der Waals surface area contributed by atoms with E-state index in [4.69, 9.17) is 9.57 Å². The SMILES string of the molecule is CON(C)C(=O)c1ccc(-c2cc3nccc(Oc4ccc(NC(=O)C5(C(=O)Nc6ccc(F)cc6)CC5)cc4F)c3s2)cc1. The number of amides is 3. The first-order chi connectivity index (χ1) is 21.7. The lowest BCUT2D eigenvalue weighted by Crippen LogP contribution is -2.35. The van der Waals surface area contributed by atoms with Gasteiger partial charge in [0.05, 0.1) is 17.3 Å². The molecule has 2 heterocycles. The van der Waals surface area contributed by atoms with Crippen LogP contribution in [0.3, 0.4) is 0 Å². The van der Waals surface area contributed by atoms with Crippen molar-refractivity contribution in [1.82, 2.24) is 10.0 Å². The van der Waals surface area contributed by atoms with Gasteiger partial charge in [-0.2, -0.15) is 0 Å². The Labute approximate surface area is 260 Å². The van der Waals surface area contributed by atoms with Crippen LogP contribution in [-0.2, 0) is 14.4 Å². The summed E-state index contributed by atoms with van der Waals surface area (Å²) in [7, 11) is 2.95. The van der Waals surface area contributed by atoms with E-state index in [-0.39, 0.29) is 17.3 Å². The molecule has 2 aromatic heterocycles. The Morgan fingerprint density at radius 1 is 0.867 bits per heavy atom. The molecule has 0 spiro atoms. The minimum Gasteiger partial charge on any atom is -0.453 e. The second kappa shape index (κ2) is 12.1. The van der Waals surface area contributed by atoms with Crippen molar-refractivity contribution in [3.63, 3.8) is 0 Å². The highest BCUT2D eigenvalue weighted by atomic mass is 32.1. The average molecular weight is 629 g/mol. The van der Waals surface area contributed by atoms with Crippen LogP contribution in [0.25, 0.3) is 20.7 Å². The largest absolute Gasteiger partial charge is 0.453 e. The first-order valence-corrected chi connectivity index (χ1v) is 14.7. The van der Waals surface area contributed by atoms with Crippen LogP contribution in [0.4, 0.5) is 20.2 Å². The van der Waals surface area contributed by atoms with Crippen LogP contribution in [0, 0.1) is 17.0 Å². The van der Waals surface area contributed by atoms with Crippen LogP contribution in [0.15, 0.2) is 85.1 Å². The minimum absolute atomic E-state index is 0.0595. The Balaban J connectivity index is 1.15. The maximum absolute atomic E-state index is 15.2. The molecular weight excluding hydrogens is 602 g/mol. The van der Waals surface area contributed by atoms with Gasteiger partial charge in [-0.25, -0.2) is 13.8 Å². The molecule has 1 saturated carbocycles. The van der Waals surface area contributed by atoms with Gasteiger partial charge in [-0.1, -0.05) is 12.1 Å². The summed E-state index contributed by atoms with van der Waals surface area (Å²) in [5.74, 6) is -2.15. The van der Waals surface area contributed by atoms with E-state index in [0.29, 0.717) is 40.1 Å². The molecule has 2 N–H and O–H groups in total. The van der Waals surface area contributed by atoms with Crippen LogP contribution in [0.2, 0.25) is 0 Å². The van der Waals surface area contributed by atoms with Gasteiger partial charge in [0.25, 0.3) is 5.91 Å². The summed E-state index contributed by atoms with van der Waals surface area (Å²) in [6, 6.07) is 19.9. The number of halogens is 2. The molecule has 1 aliphatic carbocycles. The van der Waals surface area contributed by atoms with E-state index in [1.165, 1.54) is 61.9 Å². The minimum atomic E-state index is -1.28. The maximum Gasteiger partial charge on any atom is 0.277 e. The molecule has 5 aromatic rings. The molecule has 228 valence electrons. The Morgan fingerprint density at radius 2 is 1.53 bits per heavy atom. The lowest BCUT2D eigenvalue weighted by Gasteiger charge is -2.16. The molecule has 0 radical (unpaired) electrons. The Hall–Kier alpha value is -5.20. The first-order valence-electron chi connectivity index (χ1n) is 13.8. The second-order valence-electron chi connectivity index (χ2n) is 10.4. The Morgan fingerprint density at radius 3 is 2.18 bits per heavy atom. The highest BCUT2D eigenvalue weighted by molar-refractivity contribution is 7.22. The molecular formula is C33H26F2N4O5S. The third-order valence-electron chi connectivity index (χ3n) is 7.48. The van der Waals surface area contributed by atoms with Gasteiger partial charge in [0, 0.05) is 47.2 Å². The first kappa shape index (κ1) is 29.9. The number of nitrogens with one attached hydrogen (secondary N) is 2. The zero-order valence-electron chi connectivity index (χ0n) is 24.1. The number of rotatable bonds is 9. The molecule has 9 nitrogen and oxygen atoms in total. The number of pyridine rings is 1. The monoisotopic (exact) mass is 628 g/mol. The number of ether oxygens (including phenoxy) is 1. The molecule has 0 atom stereocenters. The normalized spacial score (nSPS) is 13.2. The van der Waals surface area contributed by atoms with Crippen molar-refractivity contribution in [3.8, 4) is 21.9 Å². The number of fused-ring (bicyclic) bond motifs is 1. The fourth-order valence-electron chi connectivity index (χ4n) is 4.68. The molecule has 1 fully saturated rings. The molecule has 45 heavy (non-hydrogen) atoms. The number of anilines is 2. The van der Waals surface area contributed by atoms with Crippen LogP contribution in [0.5, 0.6) is 11.5 Å². The highest BCUT2D eigenvalue weighted by Gasteiger charge is 2.56. The number of thiophene rings is 1. The van der Waals surface area contributed by atoms with Crippen molar-refractivity contribution in [2.45, 2.75) is 12.8 Å². The number of aromatic nitrogens is 1. The summed E-state index contributed by atoms with van der Waals surface area (Å²) in [6.07, 6.45) is 2.24. The van der Waals surface area contributed by atoms with Gasteiger partial charge in [0.1, 0.15) is 17.0 Å². The zero-order chi connectivity index (χ0) is 31.7. The number of carbonyl (C=O) groups excluding carboxylic acids is 3. The van der Waals surface area contributed by atoms with Crippen molar-refractivity contribution in [1.29, 1.82) is 0 Å². The highest BCUT2D eigenvalue weighted by Crippen LogP contribution is 2.48. The zero-order valence-corrected chi connectivity index (χ0v) is 24.9. The molecule has 0 unspecified atom stereocenters. The van der Waals surface area contributed by atoms with E-state index in [1.807, 2.05) is 18.2 Å². The Kier molecular flexibility index (Phi) is 8.00. The number of hydroxylamine groups is 2. The van der Waals surface area contributed by atoms with Gasteiger partial charge in [-0.3, -0.25) is 24.2 Å². The van der Waals surface area contributed by atoms with E-state index >= 15 is 4.39 Å². The summed E-state index contributed by atoms with van der Waals surface area (Å²) in [5.41, 5.74) is 1.26. The molecule has 0 aliphatic heterocycles. The van der Waals surface area contributed by atoms with Gasteiger partial charge in [0.2, 0.25) is 11.8 Å². The van der Waals surface area contributed by atoms with Gasteiger partial charge in [-0.15, -0.1) is 11.3 Å². The number of carbonyl (C=O) groups is 3. The Bertz CT molecular complexity index is 1920. The number of benzene rings is 3. The fourth-order valence-corrected chi connectivity index (χ4v) is 5.75. The van der Waals surface area contributed by atoms with Crippen LogP contribution in [-0.4, -0.2) is 41.9 Å². The smallest absolute Gasteiger partial charge is 0.277 e. The van der Waals surface area contributed by atoms with E-state index in [1.54, 1.807) is 24.4 Å². The van der Waals surface area contributed by atoms with Crippen LogP contribution in [0.1, 0.15) is 23.2 Å². The summed E-state index contributed by atoms with van der Waals surface area (Å²) in [5, 5.41) is 6.41. The summed E-state index contributed by atoms with van der Waals surface area (Å²) in [6.45, 7) is 0. The molecule has 3 amide bonds. The third kappa shape index (κ3) is 6.10. The van der Waals surface area contributed by atoms with Crippen molar-refractivity contribution >= 4 is 50.6 Å². The summed E-state index contributed by atoms with van der Waals surface area (Å²) < 4.78 is 35.0. The van der Waals surface area contributed by atoms with Crippen molar-refractivity contribution < 1.29 is 32.7 Å². The van der Waals surface area contributed by atoms with Crippen molar-refractivity contribution in [2.75, 3.05) is 24.8 Å². The summed E-state index contributed by atoms with van der Waals surface area (Å²) in [4.78, 5) is 48.4. The third-order valence-corrected chi connectivity index (χ3v) is 8.67. The van der Waals surface area contributed by atoms with Crippen LogP contribution >= 0.6 is 11.3 Å². The predicted octanol–water partition coefficient (Wildman–Crippen LogP) is 7.02. The lowest BCUT2D eigenvalue weighted by molar-refractivity contribution is -0.131. The molecule has 12 heteroatoms. The number of hydrogen-bond donors (Lipinski definition) is 2. The standard InChI is InChI=1S/C33H26F2N4O5S/c1-39(43-2)30(40)20-5-3-19(4-6-20)28-18-25-29(45-28)27(13-16-36-25)44-26-12-11-23(17-24(26)35)38-32(42)33(14-15-33)31(41)37-22-9-7-21(34)8-10-22/h3-13,16-18H,14-15H2,1-2H3,(H,37,41)(H,38,42). The topological polar surface area (TPSA) is 110 Å².